The Hall–Kier alpha value is -3.21. The Morgan fingerprint density at radius 2 is 1.78 bits per heavy atom. The summed E-state index contributed by atoms with van der Waals surface area (Å²) in [6.45, 7) is 0. The molecule has 0 saturated heterocycles. The molecule has 0 radical (unpaired) electrons. The van der Waals surface area contributed by atoms with Gasteiger partial charge >= 0.3 is 0 Å². The van der Waals surface area contributed by atoms with Crippen LogP contribution in [-0.4, -0.2) is 22.8 Å². The second-order valence-corrected chi connectivity index (χ2v) is 4.81. The first-order chi connectivity index (χ1) is 11.3. The van der Waals surface area contributed by atoms with Crippen LogP contribution in [0.3, 0.4) is 0 Å². The quantitative estimate of drug-likeness (QED) is 0.747. The lowest BCUT2D eigenvalue weighted by molar-refractivity contribution is 0.0998. The van der Waals surface area contributed by atoms with Gasteiger partial charge in [0.15, 0.2) is 0 Å². The summed E-state index contributed by atoms with van der Waals surface area (Å²) in [5.41, 5.74) is 1.45. The van der Waals surface area contributed by atoms with E-state index in [0.29, 0.717) is 16.7 Å². The summed E-state index contributed by atoms with van der Waals surface area (Å²) < 4.78 is 6.79. The molecule has 3 aromatic rings. The first-order valence-corrected chi connectivity index (χ1v) is 7.10. The molecule has 0 unspecified atom stereocenters. The molecule has 3 rings (SSSR count). The fourth-order valence-electron chi connectivity index (χ4n) is 2.06. The van der Waals surface area contributed by atoms with Gasteiger partial charge in [-0.05, 0) is 42.5 Å². The molecule has 1 amide bonds. The Bertz CT molecular complexity index is 848. The van der Waals surface area contributed by atoms with Crippen molar-refractivity contribution in [3.05, 3.63) is 84.0 Å². The van der Waals surface area contributed by atoms with Crippen molar-refractivity contribution in [2.75, 3.05) is 7.11 Å². The number of hydrogen-bond donors (Lipinski definition) is 0. The highest BCUT2D eigenvalue weighted by Gasteiger charge is 2.03. The number of carbonyl (C=O) groups is 1. The van der Waals surface area contributed by atoms with Crippen LogP contribution in [0.5, 0.6) is 5.75 Å². The highest BCUT2D eigenvalue weighted by atomic mass is 16.5. The summed E-state index contributed by atoms with van der Waals surface area (Å²) in [7, 11) is 1.58. The fraction of sp³-hybridized carbons (Fsp3) is 0.0556. The Morgan fingerprint density at radius 3 is 2.39 bits per heavy atom. The molecular formula is C18H15N3O2. The largest absolute Gasteiger partial charge is 0.497 e. The van der Waals surface area contributed by atoms with Gasteiger partial charge in [0, 0.05) is 11.8 Å². The van der Waals surface area contributed by atoms with Crippen molar-refractivity contribution in [3.63, 3.8) is 0 Å². The molecule has 0 atom stereocenters. The molecule has 0 aliphatic rings. The predicted octanol–water partition coefficient (Wildman–Crippen LogP) is 2.62. The number of aromatic nitrogens is 2. The normalized spacial score (nSPS) is 11.3. The standard InChI is InChI=1S/C18H15N3O2/c1-23-17-9-7-14(8-10-17)18(22)20-15-11-12-21(19-13-15)16-5-3-2-4-6-16/h2-13H,1H3/b20-15+. The Labute approximate surface area is 133 Å². The number of rotatable bonds is 3. The van der Waals surface area contributed by atoms with Crippen molar-refractivity contribution >= 4 is 5.91 Å². The summed E-state index contributed by atoms with van der Waals surface area (Å²) in [6, 6.07) is 18.3. The van der Waals surface area contributed by atoms with Crippen LogP contribution in [0.4, 0.5) is 0 Å². The first kappa shape index (κ1) is 14.7. The minimum Gasteiger partial charge on any atom is -0.497 e. The van der Waals surface area contributed by atoms with Crippen molar-refractivity contribution in [2.45, 2.75) is 0 Å². The topological polar surface area (TPSA) is 56.5 Å². The molecule has 1 aromatic heterocycles. The van der Waals surface area contributed by atoms with E-state index in [0.717, 1.165) is 5.69 Å². The van der Waals surface area contributed by atoms with E-state index in [1.807, 2.05) is 30.3 Å². The lowest BCUT2D eigenvalue weighted by Gasteiger charge is -2.03. The minimum atomic E-state index is -0.313. The SMILES string of the molecule is COc1ccc(C(=O)/N=c2\ccn(-c3ccccc3)nc2)cc1. The average Bonchev–Trinajstić information content (AvgIpc) is 2.63. The molecule has 5 heteroatoms. The summed E-state index contributed by atoms with van der Waals surface area (Å²) in [5.74, 6) is 0.388. The van der Waals surface area contributed by atoms with Crippen LogP contribution in [0.25, 0.3) is 5.69 Å². The third-order valence-corrected chi connectivity index (χ3v) is 3.29. The molecule has 5 nitrogen and oxygen atoms in total. The van der Waals surface area contributed by atoms with E-state index in [1.165, 1.54) is 0 Å². The Morgan fingerprint density at radius 1 is 1.04 bits per heavy atom. The summed E-state index contributed by atoms with van der Waals surface area (Å²) in [4.78, 5) is 16.2. The van der Waals surface area contributed by atoms with E-state index in [9.17, 15) is 4.79 Å². The number of methoxy groups -OCH3 is 1. The van der Waals surface area contributed by atoms with Gasteiger partial charge in [0.05, 0.1) is 24.4 Å². The van der Waals surface area contributed by atoms with Crippen LogP contribution >= 0.6 is 0 Å². The van der Waals surface area contributed by atoms with Gasteiger partial charge in [0.1, 0.15) is 5.75 Å². The maximum atomic E-state index is 12.1. The second-order valence-electron chi connectivity index (χ2n) is 4.81. The minimum absolute atomic E-state index is 0.313. The van der Waals surface area contributed by atoms with E-state index in [4.69, 9.17) is 4.74 Å². The van der Waals surface area contributed by atoms with Gasteiger partial charge in [-0.2, -0.15) is 5.10 Å². The smallest absolute Gasteiger partial charge is 0.277 e. The summed E-state index contributed by atoms with van der Waals surface area (Å²) >= 11 is 0. The molecule has 0 aliphatic heterocycles. The Balaban J connectivity index is 1.83. The van der Waals surface area contributed by atoms with Gasteiger partial charge in [-0.1, -0.05) is 18.2 Å². The third kappa shape index (κ3) is 3.52. The lowest BCUT2D eigenvalue weighted by atomic mass is 10.2. The van der Waals surface area contributed by atoms with E-state index >= 15 is 0 Å². The van der Waals surface area contributed by atoms with Gasteiger partial charge in [0.2, 0.25) is 0 Å². The molecule has 0 saturated carbocycles. The van der Waals surface area contributed by atoms with Crippen molar-refractivity contribution in [2.24, 2.45) is 4.99 Å². The molecule has 23 heavy (non-hydrogen) atoms. The molecule has 0 aliphatic carbocycles. The summed E-state index contributed by atoms with van der Waals surface area (Å²) in [6.07, 6.45) is 3.34. The van der Waals surface area contributed by atoms with Crippen LogP contribution in [0.15, 0.2) is 78.0 Å². The summed E-state index contributed by atoms with van der Waals surface area (Å²) in [5, 5.41) is 4.79. The van der Waals surface area contributed by atoms with Crippen molar-refractivity contribution in [3.8, 4) is 11.4 Å². The van der Waals surface area contributed by atoms with E-state index in [-0.39, 0.29) is 5.91 Å². The zero-order valence-electron chi connectivity index (χ0n) is 12.6. The molecule has 0 N–H and O–H groups in total. The van der Waals surface area contributed by atoms with Gasteiger partial charge < -0.3 is 4.74 Å². The first-order valence-electron chi connectivity index (χ1n) is 7.10. The van der Waals surface area contributed by atoms with Crippen LogP contribution < -0.4 is 10.1 Å². The fourth-order valence-corrected chi connectivity index (χ4v) is 2.06. The van der Waals surface area contributed by atoms with Gasteiger partial charge in [0.25, 0.3) is 5.91 Å². The number of ether oxygens (including phenoxy) is 1. The number of nitrogens with zero attached hydrogens (tertiary/aromatic N) is 3. The zero-order chi connectivity index (χ0) is 16.1. The average molecular weight is 305 g/mol. The van der Waals surface area contributed by atoms with Gasteiger partial charge in [-0.15, -0.1) is 0 Å². The maximum Gasteiger partial charge on any atom is 0.277 e. The number of carbonyl (C=O) groups excluding carboxylic acids is 1. The predicted molar refractivity (Wildman–Crippen MR) is 86.5 cm³/mol. The van der Waals surface area contributed by atoms with Crippen LogP contribution in [0.2, 0.25) is 0 Å². The number of para-hydroxylation sites is 1. The maximum absolute atomic E-state index is 12.1. The number of hydrogen-bond acceptors (Lipinski definition) is 3. The van der Waals surface area contributed by atoms with E-state index in [2.05, 4.69) is 10.1 Å². The molecule has 114 valence electrons. The second kappa shape index (κ2) is 6.70. The molecule has 2 aromatic carbocycles. The zero-order valence-corrected chi connectivity index (χ0v) is 12.6. The van der Waals surface area contributed by atoms with Crippen molar-refractivity contribution in [1.29, 1.82) is 0 Å². The molecule has 1 heterocycles. The van der Waals surface area contributed by atoms with Crippen LogP contribution in [-0.2, 0) is 0 Å². The molecular weight excluding hydrogens is 290 g/mol. The Kier molecular flexibility index (Phi) is 4.29. The number of benzene rings is 2. The lowest BCUT2D eigenvalue weighted by Crippen LogP contribution is -2.11. The van der Waals surface area contributed by atoms with Crippen LogP contribution in [0.1, 0.15) is 10.4 Å². The number of amides is 1. The monoisotopic (exact) mass is 305 g/mol. The van der Waals surface area contributed by atoms with Gasteiger partial charge in [-0.25, -0.2) is 9.67 Å². The third-order valence-electron chi connectivity index (χ3n) is 3.29. The highest BCUT2D eigenvalue weighted by molar-refractivity contribution is 5.95. The molecule has 0 spiro atoms. The van der Waals surface area contributed by atoms with E-state index in [1.54, 1.807) is 54.5 Å². The van der Waals surface area contributed by atoms with Gasteiger partial charge in [-0.3, -0.25) is 4.79 Å². The highest BCUT2D eigenvalue weighted by Crippen LogP contribution is 2.11. The van der Waals surface area contributed by atoms with Crippen LogP contribution in [0, 0.1) is 0 Å². The van der Waals surface area contributed by atoms with Crippen molar-refractivity contribution in [1.82, 2.24) is 9.78 Å². The molecule has 0 fully saturated rings. The molecule has 0 bridgehead atoms. The van der Waals surface area contributed by atoms with E-state index < -0.39 is 0 Å². The van der Waals surface area contributed by atoms with Crippen molar-refractivity contribution < 1.29 is 9.53 Å².